The van der Waals surface area contributed by atoms with Gasteiger partial charge in [0, 0.05) is 11.1 Å². The molecule has 1 heterocycles. The lowest BCUT2D eigenvalue weighted by Crippen LogP contribution is -2.37. The zero-order chi connectivity index (χ0) is 19.2. The number of hydrogen-bond acceptors (Lipinski definition) is 4. The number of hydroxylamine groups is 1. The van der Waals surface area contributed by atoms with Crippen LogP contribution in [0.15, 0.2) is 54.6 Å². The van der Waals surface area contributed by atoms with Crippen molar-refractivity contribution in [2.75, 3.05) is 13.7 Å². The van der Waals surface area contributed by atoms with Gasteiger partial charge in [0.2, 0.25) is 5.91 Å². The third kappa shape index (κ3) is 4.30. The van der Waals surface area contributed by atoms with Crippen LogP contribution in [0.1, 0.15) is 11.3 Å². The number of nitrogens with zero attached hydrogens (tertiary/aromatic N) is 1. The number of carbonyl (C=O) groups excluding carboxylic acids is 2. The first-order chi connectivity index (χ1) is 13.1. The first-order valence-corrected chi connectivity index (χ1v) is 8.62. The molecule has 0 radical (unpaired) electrons. The Kier molecular flexibility index (Phi) is 5.78. The number of amides is 2. The molecule has 0 aliphatic heterocycles. The molecule has 0 aliphatic carbocycles. The lowest BCUT2D eigenvalue weighted by atomic mass is 9.92. The number of benzene rings is 2. The molecule has 0 spiro atoms. The zero-order valence-electron chi connectivity index (χ0n) is 15.3. The molecule has 2 aromatic carbocycles. The van der Waals surface area contributed by atoms with Gasteiger partial charge in [0.15, 0.2) is 0 Å². The molecule has 0 saturated carbocycles. The number of nitrogens with one attached hydrogen (secondary N) is 2. The highest BCUT2D eigenvalue weighted by atomic mass is 16.6. The van der Waals surface area contributed by atoms with Crippen LogP contribution in [0.3, 0.4) is 0 Å². The lowest BCUT2D eigenvalue weighted by Gasteiger charge is -2.16. The van der Waals surface area contributed by atoms with Crippen molar-refractivity contribution in [2.24, 2.45) is 0 Å². The normalized spacial score (nSPS) is 10.6. The molecule has 3 rings (SSSR count). The molecule has 2 amide bonds. The number of carbonyl (C=O) groups is 2. The standard InChI is InChI=1S/C21H21N3O3/c1-14-17(12-19(25)22-13-20(26)24-27-2)21(15-8-4-3-5-9-15)16-10-6-7-11-18(16)23-14/h3-11H,12-13H2,1-2H3,(H,22,25)(H,24,26). The summed E-state index contributed by atoms with van der Waals surface area (Å²) in [5, 5.41) is 3.61. The van der Waals surface area contributed by atoms with Crippen molar-refractivity contribution in [3.8, 4) is 11.1 Å². The van der Waals surface area contributed by atoms with Crippen molar-refractivity contribution in [3.05, 3.63) is 65.9 Å². The molecule has 0 aliphatic rings. The third-order valence-electron chi connectivity index (χ3n) is 4.26. The summed E-state index contributed by atoms with van der Waals surface area (Å²) in [4.78, 5) is 33.1. The summed E-state index contributed by atoms with van der Waals surface area (Å²) < 4.78 is 0. The largest absolute Gasteiger partial charge is 0.347 e. The Morgan fingerprint density at radius 2 is 1.70 bits per heavy atom. The van der Waals surface area contributed by atoms with Gasteiger partial charge in [-0.25, -0.2) is 5.48 Å². The molecule has 0 fully saturated rings. The Bertz CT molecular complexity index is 971. The van der Waals surface area contributed by atoms with Crippen LogP contribution in [0.25, 0.3) is 22.0 Å². The van der Waals surface area contributed by atoms with Crippen molar-refractivity contribution in [2.45, 2.75) is 13.3 Å². The molecule has 0 saturated heterocycles. The van der Waals surface area contributed by atoms with Crippen molar-refractivity contribution in [1.29, 1.82) is 0 Å². The highest BCUT2D eigenvalue weighted by Gasteiger charge is 2.17. The maximum Gasteiger partial charge on any atom is 0.262 e. The first kappa shape index (κ1) is 18.5. The van der Waals surface area contributed by atoms with Crippen LogP contribution in [0.5, 0.6) is 0 Å². The Labute approximate surface area is 157 Å². The molecular weight excluding hydrogens is 342 g/mol. The fourth-order valence-corrected chi connectivity index (χ4v) is 3.08. The van der Waals surface area contributed by atoms with Crippen molar-refractivity contribution in [3.63, 3.8) is 0 Å². The van der Waals surface area contributed by atoms with Gasteiger partial charge in [0.25, 0.3) is 5.91 Å². The predicted octanol–water partition coefficient (Wildman–Crippen LogP) is 2.55. The van der Waals surface area contributed by atoms with Crippen LogP contribution in [0.4, 0.5) is 0 Å². The maximum atomic E-state index is 12.4. The van der Waals surface area contributed by atoms with Gasteiger partial charge >= 0.3 is 0 Å². The summed E-state index contributed by atoms with van der Waals surface area (Å²) in [7, 11) is 1.34. The van der Waals surface area contributed by atoms with Crippen LogP contribution >= 0.6 is 0 Å². The van der Waals surface area contributed by atoms with E-state index in [2.05, 4.69) is 20.6 Å². The van der Waals surface area contributed by atoms with Crippen molar-refractivity contribution < 1.29 is 14.4 Å². The van der Waals surface area contributed by atoms with Crippen LogP contribution in [0.2, 0.25) is 0 Å². The number of rotatable bonds is 6. The average Bonchev–Trinajstić information content (AvgIpc) is 2.68. The van der Waals surface area contributed by atoms with Gasteiger partial charge in [0.1, 0.15) is 0 Å². The van der Waals surface area contributed by atoms with Gasteiger partial charge in [-0.3, -0.25) is 19.4 Å². The fraction of sp³-hybridized carbons (Fsp3) is 0.190. The topological polar surface area (TPSA) is 80.3 Å². The summed E-state index contributed by atoms with van der Waals surface area (Å²) in [6.45, 7) is 1.76. The highest BCUT2D eigenvalue weighted by Crippen LogP contribution is 2.33. The third-order valence-corrected chi connectivity index (χ3v) is 4.26. The van der Waals surface area contributed by atoms with E-state index in [-0.39, 0.29) is 18.9 Å². The van der Waals surface area contributed by atoms with Gasteiger partial charge < -0.3 is 5.32 Å². The quantitative estimate of drug-likeness (QED) is 0.660. The summed E-state index contributed by atoms with van der Waals surface area (Å²) in [6.07, 6.45) is 0.133. The van der Waals surface area contributed by atoms with Crippen LogP contribution in [0, 0.1) is 6.92 Å². The van der Waals surface area contributed by atoms with E-state index in [1.807, 2.05) is 61.5 Å². The summed E-state index contributed by atoms with van der Waals surface area (Å²) >= 11 is 0. The Hall–Kier alpha value is -3.25. The molecule has 138 valence electrons. The molecule has 1 aromatic heterocycles. The second kappa shape index (κ2) is 8.42. The molecule has 0 unspecified atom stereocenters. The fourth-order valence-electron chi connectivity index (χ4n) is 3.08. The monoisotopic (exact) mass is 363 g/mol. The van der Waals surface area contributed by atoms with E-state index >= 15 is 0 Å². The van der Waals surface area contributed by atoms with Crippen LogP contribution in [-0.2, 0) is 20.8 Å². The predicted molar refractivity (Wildman–Crippen MR) is 104 cm³/mol. The van der Waals surface area contributed by atoms with E-state index in [4.69, 9.17) is 0 Å². The smallest absolute Gasteiger partial charge is 0.262 e. The number of hydrogen-bond donors (Lipinski definition) is 2. The molecule has 6 nitrogen and oxygen atoms in total. The van der Waals surface area contributed by atoms with E-state index in [1.165, 1.54) is 7.11 Å². The minimum Gasteiger partial charge on any atom is -0.347 e. The van der Waals surface area contributed by atoms with Gasteiger partial charge in [-0.1, -0.05) is 48.5 Å². The second-order valence-corrected chi connectivity index (χ2v) is 6.12. The number of aryl methyl sites for hydroxylation is 1. The van der Waals surface area contributed by atoms with Gasteiger partial charge in [-0.05, 0) is 29.7 Å². The van der Waals surface area contributed by atoms with E-state index in [0.29, 0.717) is 0 Å². The number of fused-ring (bicyclic) bond motifs is 1. The molecule has 0 atom stereocenters. The number of para-hydroxylation sites is 1. The lowest BCUT2D eigenvalue weighted by molar-refractivity contribution is -0.132. The molecule has 0 bridgehead atoms. The molecule has 3 aromatic rings. The minimum atomic E-state index is -0.414. The van der Waals surface area contributed by atoms with Crippen LogP contribution < -0.4 is 10.8 Å². The highest BCUT2D eigenvalue weighted by molar-refractivity contribution is 5.98. The maximum absolute atomic E-state index is 12.4. The minimum absolute atomic E-state index is 0.133. The molecule has 2 N–H and O–H groups in total. The van der Waals surface area contributed by atoms with E-state index in [1.54, 1.807) is 0 Å². The van der Waals surface area contributed by atoms with E-state index in [0.717, 1.165) is 33.3 Å². The molecular formula is C21H21N3O3. The van der Waals surface area contributed by atoms with Gasteiger partial charge in [0.05, 0.1) is 25.6 Å². The second-order valence-electron chi connectivity index (χ2n) is 6.12. The van der Waals surface area contributed by atoms with Crippen LogP contribution in [-0.4, -0.2) is 30.5 Å². The Morgan fingerprint density at radius 1 is 1.00 bits per heavy atom. The van der Waals surface area contributed by atoms with E-state index < -0.39 is 5.91 Å². The SMILES string of the molecule is CONC(=O)CNC(=O)Cc1c(C)nc2ccccc2c1-c1ccccc1. The zero-order valence-corrected chi connectivity index (χ0v) is 15.3. The number of aromatic nitrogens is 1. The molecule has 27 heavy (non-hydrogen) atoms. The Morgan fingerprint density at radius 3 is 2.44 bits per heavy atom. The van der Waals surface area contributed by atoms with Gasteiger partial charge in [-0.15, -0.1) is 0 Å². The average molecular weight is 363 g/mol. The van der Waals surface area contributed by atoms with Crippen molar-refractivity contribution in [1.82, 2.24) is 15.8 Å². The Balaban J connectivity index is 1.98. The number of pyridine rings is 1. The van der Waals surface area contributed by atoms with E-state index in [9.17, 15) is 9.59 Å². The molecule has 6 heteroatoms. The summed E-state index contributed by atoms with van der Waals surface area (Å²) in [6, 6.07) is 17.8. The first-order valence-electron chi connectivity index (χ1n) is 8.62. The summed E-state index contributed by atoms with van der Waals surface area (Å²) in [5.74, 6) is -0.666. The van der Waals surface area contributed by atoms with Crippen molar-refractivity contribution >= 4 is 22.7 Å². The van der Waals surface area contributed by atoms with Gasteiger partial charge in [-0.2, -0.15) is 0 Å². The summed E-state index contributed by atoms with van der Waals surface area (Å²) in [5.41, 5.74) is 6.73.